The third-order valence-corrected chi connectivity index (χ3v) is 4.37. The summed E-state index contributed by atoms with van der Waals surface area (Å²) in [7, 11) is 0. The van der Waals surface area contributed by atoms with Crippen LogP contribution in [0.3, 0.4) is 0 Å². The Hall–Kier alpha value is -2.86. The lowest BCUT2D eigenvalue weighted by Crippen LogP contribution is -2.37. The van der Waals surface area contributed by atoms with Gasteiger partial charge in [0.15, 0.2) is 6.10 Å². The van der Waals surface area contributed by atoms with Crippen LogP contribution in [-0.4, -0.2) is 28.7 Å². The molecule has 0 unspecified atom stereocenters. The number of carbonyl (C=O) groups excluding carboxylic acids is 1. The highest BCUT2D eigenvalue weighted by Gasteiger charge is 2.15. The molecule has 140 valence electrons. The topological polar surface area (TPSA) is 77.2 Å². The quantitative estimate of drug-likeness (QED) is 0.668. The van der Waals surface area contributed by atoms with E-state index in [1.165, 1.54) is 0 Å². The van der Waals surface area contributed by atoms with Crippen LogP contribution in [0.2, 0.25) is 5.02 Å². The molecule has 0 aliphatic carbocycles. The summed E-state index contributed by atoms with van der Waals surface area (Å²) in [6.45, 7) is 3.95. The van der Waals surface area contributed by atoms with E-state index < -0.39 is 6.10 Å². The van der Waals surface area contributed by atoms with Gasteiger partial charge in [0, 0.05) is 23.6 Å². The number of rotatable bonds is 7. The van der Waals surface area contributed by atoms with E-state index in [-0.39, 0.29) is 5.91 Å². The fourth-order valence-corrected chi connectivity index (χ4v) is 2.56. The van der Waals surface area contributed by atoms with Gasteiger partial charge in [-0.3, -0.25) is 4.79 Å². The Morgan fingerprint density at radius 1 is 1.26 bits per heavy atom. The van der Waals surface area contributed by atoms with Crippen LogP contribution in [0.4, 0.5) is 0 Å². The Morgan fingerprint density at radius 3 is 2.78 bits per heavy atom. The van der Waals surface area contributed by atoms with Crippen LogP contribution in [0.1, 0.15) is 18.4 Å². The number of ether oxygens (including phenoxy) is 1. The second-order valence-corrected chi connectivity index (χ2v) is 6.50. The van der Waals surface area contributed by atoms with E-state index >= 15 is 0 Å². The smallest absolute Gasteiger partial charge is 0.260 e. The minimum Gasteiger partial charge on any atom is -0.481 e. The molecule has 1 N–H and O–H groups in total. The van der Waals surface area contributed by atoms with Crippen molar-refractivity contribution in [2.24, 2.45) is 0 Å². The van der Waals surface area contributed by atoms with Gasteiger partial charge in [0.1, 0.15) is 5.75 Å². The molecule has 1 amide bonds. The van der Waals surface area contributed by atoms with Gasteiger partial charge in [-0.05, 0) is 37.6 Å². The first kappa shape index (κ1) is 18.9. The number of nitrogens with zero attached hydrogens (tertiary/aromatic N) is 2. The van der Waals surface area contributed by atoms with Gasteiger partial charge < -0.3 is 14.6 Å². The van der Waals surface area contributed by atoms with Gasteiger partial charge >= 0.3 is 0 Å². The van der Waals surface area contributed by atoms with E-state index in [0.29, 0.717) is 35.5 Å². The molecule has 3 aromatic rings. The molecule has 1 heterocycles. The molecule has 1 aromatic heterocycles. The van der Waals surface area contributed by atoms with Gasteiger partial charge in [-0.2, -0.15) is 4.98 Å². The summed E-state index contributed by atoms with van der Waals surface area (Å²) in [6, 6.07) is 14.9. The maximum atomic E-state index is 12.2. The van der Waals surface area contributed by atoms with Crippen LogP contribution in [0.15, 0.2) is 53.1 Å². The summed E-state index contributed by atoms with van der Waals surface area (Å²) in [5.41, 5.74) is 1.78. The molecule has 27 heavy (non-hydrogen) atoms. The van der Waals surface area contributed by atoms with Crippen molar-refractivity contribution >= 4 is 17.5 Å². The number of hydrogen-bond donors (Lipinski definition) is 1. The van der Waals surface area contributed by atoms with Crippen LogP contribution in [0, 0.1) is 6.92 Å². The SMILES string of the molecule is Cc1cc(O[C@H](C)C(=O)NCCc2nc(-c3ccccc3)no2)ccc1Cl. The minimum atomic E-state index is -0.631. The average molecular weight is 386 g/mol. The van der Waals surface area contributed by atoms with E-state index in [1.807, 2.05) is 37.3 Å². The molecular formula is C20H20ClN3O3. The molecule has 1 atom stereocenters. The number of nitrogens with one attached hydrogen (secondary N) is 1. The Bertz CT molecular complexity index is 912. The Kier molecular flexibility index (Phi) is 6.08. The molecule has 0 aliphatic rings. The number of benzene rings is 2. The van der Waals surface area contributed by atoms with Crippen LogP contribution in [-0.2, 0) is 11.2 Å². The number of aryl methyl sites for hydroxylation is 1. The fourth-order valence-electron chi connectivity index (χ4n) is 2.45. The van der Waals surface area contributed by atoms with E-state index in [9.17, 15) is 4.79 Å². The van der Waals surface area contributed by atoms with Crippen molar-refractivity contribution in [3.8, 4) is 17.1 Å². The summed E-state index contributed by atoms with van der Waals surface area (Å²) < 4.78 is 10.9. The van der Waals surface area contributed by atoms with Gasteiger partial charge in [0.05, 0.1) is 0 Å². The standard InChI is InChI=1S/C20H20ClN3O3/c1-13-12-16(8-9-17(13)21)26-14(2)20(25)22-11-10-18-23-19(24-27-18)15-6-4-3-5-7-15/h3-9,12,14H,10-11H2,1-2H3,(H,22,25)/t14-/m1/s1. The lowest BCUT2D eigenvalue weighted by Gasteiger charge is -2.15. The molecule has 0 aliphatic heterocycles. The summed E-state index contributed by atoms with van der Waals surface area (Å²) >= 11 is 5.99. The van der Waals surface area contributed by atoms with Crippen molar-refractivity contribution < 1.29 is 14.1 Å². The minimum absolute atomic E-state index is 0.217. The number of halogens is 1. The molecule has 0 spiro atoms. The fraction of sp³-hybridized carbons (Fsp3) is 0.250. The molecule has 2 aromatic carbocycles. The van der Waals surface area contributed by atoms with Crippen LogP contribution >= 0.6 is 11.6 Å². The molecule has 6 nitrogen and oxygen atoms in total. The third kappa shape index (κ3) is 5.08. The first-order chi connectivity index (χ1) is 13.0. The van der Waals surface area contributed by atoms with Crippen LogP contribution in [0.25, 0.3) is 11.4 Å². The van der Waals surface area contributed by atoms with Crippen molar-refractivity contribution in [1.82, 2.24) is 15.5 Å². The first-order valence-electron chi connectivity index (χ1n) is 8.61. The van der Waals surface area contributed by atoms with Crippen molar-refractivity contribution in [1.29, 1.82) is 0 Å². The summed E-state index contributed by atoms with van der Waals surface area (Å²) in [6.07, 6.45) is -0.189. The molecular weight excluding hydrogens is 366 g/mol. The lowest BCUT2D eigenvalue weighted by atomic mass is 10.2. The number of carbonyl (C=O) groups is 1. The molecule has 0 fully saturated rings. The zero-order chi connectivity index (χ0) is 19.2. The molecule has 7 heteroatoms. The lowest BCUT2D eigenvalue weighted by molar-refractivity contribution is -0.127. The van der Waals surface area contributed by atoms with Crippen LogP contribution in [0.5, 0.6) is 5.75 Å². The largest absolute Gasteiger partial charge is 0.481 e. The van der Waals surface area contributed by atoms with Gasteiger partial charge in [-0.15, -0.1) is 0 Å². The normalized spacial score (nSPS) is 11.8. The van der Waals surface area contributed by atoms with E-state index in [1.54, 1.807) is 25.1 Å². The molecule has 0 saturated carbocycles. The highest BCUT2D eigenvalue weighted by molar-refractivity contribution is 6.31. The predicted molar refractivity (Wildman–Crippen MR) is 103 cm³/mol. The van der Waals surface area contributed by atoms with E-state index in [0.717, 1.165) is 11.1 Å². The Morgan fingerprint density at radius 2 is 2.04 bits per heavy atom. The van der Waals surface area contributed by atoms with Crippen LogP contribution < -0.4 is 10.1 Å². The summed E-state index contributed by atoms with van der Waals surface area (Å²) in [4.78, 5) is 16.5. The number of hydrogen-bond acceptors (Lipinski definition) is 5. The molecule has 3 rings (SSSR count). The van der Waals surface area contributed by atoms with Gasteiger partial charge in [-0.25, -0.2) is 0 Å². The summed E-state index contributed by atoms with van der Waals surface area (Å²) in [5.74, 6) is 1.39. The third-order valence-electron chi connectivity index (χ3n) is 3.95. The number of aromatic nitrogens is 2. The van der Waals surface area contributed by atoms with Crippen molar-refractivity contribution in [2.75, 3.05) is 6.54 Å². The van der Waals surface area contributed by atoms with Gasteiger partial charge in [0.2, 0.25) is 11.7 Å². The maximum Gasteiger partial charge on any atom is 0.260 e. The van der Waals surface area contributed by atoms with Crippen molar-refractivity contribution in [3.05, 3.63) is 65.0 Å². The number of amides is 1. The Labute approximate surface area is 162 Å². The van der Waals surface area contributed by atoms with E-state index in [4.69, 9.17) is 20.9 Å². The highest BCUT2D eigenvalue weighted by Crippen LogP contribution is 2.22. The molecule has 0 bridgehead atoms. The average Bonchev–Trinajstić information content (AvgIpc) is 3.14. The van der Waals surface area contributed by atoms with Crippen molar-refractivity contribution in [2.45, 2.75) is 26.4 Å². The summed E-state index contributed by atoms with van der Waals surface area (Å²) in [5, 5.41) is 7.43. The van der Waals surface area contributed by atoms with Gasteiger partial charge in [0.25, 0.3) is 5.91 Å². The molecule has 0 radical (unpaired) electrons. The van der Waals surface area contributed by atoms with Gasteiger partial charge in [-0.1, -0.05) is 47.1 Å². The Balaban J connectivity index is 1.47. The molecule has 0 saturated heterocycles. The predicted octanol–water partition coefficient (Wildman–Crippen LogP) is 3.82. The highest BCUT2D eigenvalue weighted by atomic mass is 35.5. The second kappa shape index (κ2) is 8.68. The van der Waals surface area contributed by atoms with E-state index in [2.05, 4.69) is 15.5 Å². The maximum absolute atomic E-state index is 12.2. The van der Waals surface area contributed by atoms with Crippen molar-refractivity contribution in [3.63, 3.8) is 0 Å². The first-order valence-corrected chi connectivity index (χ1v) is 8.99. The zero-order valence-corrected chi connectivity index (χ0v) is 15.9. The monoisotopic (exact) mass is 385 g/mol. The zero-order valence-electron chi connectivity index (χ0n) is 15.1. The second-order valence-electron chi connectivity index (χ2n) is 6.09.